The van der Waals surface area contributed by atoms with E-state index in [0.717, 1.165) is 38.5 Å². The molecule has 0 amide bonds. The van der Waals surface area contributed by atoms with E-state index in [2.05, 4.69) is 41.5 Å². The van der Waals surface area contributed by atoms with Crippen molar-refractivity contribution in [1.82, 2.24) is 0 Å². The molecule has 0 radical (unpaired) electrons. The molecular weight excluding hydrogens is 400 g/mol. The molecule has 0 atom stereocenters. The monoisotopic (exact) mass is 452 g/mol. The molecule has 32 heavy (non-hydrogen) atoms. The largest absolute Gasteiger partial charge is 0.461 e. The third kappa shape index (κ3) is 8.06. The third-order valence-corrected chi connectivity index (χ3v) is 7.89. The summed E-state index contributed by atoms with van der Waals surface area (Å²) in [6, 6.07) is 0. The summed E-state index contributed by atoms with van der Waals surface area (Å²) in [5, 5.41) is 0. The number of hydrogen-bond acceptors (Lipinski definition) is 4. The first-order valence-corrected chi connectivity index (χ1v) is 13.7. The van der Waals surface area contributed by atoms with Crippen molar-refractivity contribution in [2.45, 2.75) is 156 Å². The van der Waals surface area contributed by atoms with Gasteiger partial charge in [-0.1, -0.05) is 106 Å². The van der Waals surface area contributed by atoms with Crippen LogP contribution in [-0.2, 0) is 19.1 Å². The van der Waals surface area contributed by atoms with Crippen LogP contribution in [0, 0.1) is 10.8 Å². The van der Waals surface area contributed by atoms with Crippen molar-refractivity contribution in [2.24, 2.45) is 10.8 Å². The molecule has 0 saturated heterocycles. The maximum Gasteiger partial charge on any atom is 0.306 e. The SMILES string of the molecule is CCCCCCCCC(=O)OC1C(C)(CC)C(OC(=O)CCCCCCCC)C1(C)CC. The molecule has 0 unspecified atom stereocenters. The van der Waals surface area contributed by atoms with Gasteiger partial charge in [0.15, 0.2) is 0 Å². The first kappa shape index (κ1) is 29.0. The number of hydrogen-bond donors (Lipinski definition) is 0. The minimum absolute atomic E-state index is 0.0957. The van der Waals surface area contributed by atoms with Crippen LogP contribution in [0.15, 0.2) is 0 Å². The summed E-state index contributed by atoms with van der Waals surface area (Å²) in [5.41, 5.74) is -0.614. The summed E-state index contributed by atoms with van der Waals surface area (Å²) in [6.45, 7) is 12.9. The molecule has 0 aromatic carbocycles. The first-order chi connectivity index (χ1) is 15.3. The third-order valence-electron chi connectivity index (χ3n) is 7.89. The molecule has 0 heterocycles. The van der Waals surface area contributed by atoms with Crippen molar-refractivity contribution in [2.75, 3.05) is 0 Å². The number of esters is 2. The molecule has 1 fully saturated rings. The minimum Gasteiger partial charge on any atom is -0.461 e. The summed E-state index contributed by atoms with van der Waals surface area (Å²) in [4.78, 5) is 25.2. The second-order valence-electron chi connectivity index (χ2n) is 10.5. The highest BCUT2D eigenvalue weighted by molar-refractivity contribution is 5.71. The Morgan fingerprint density at radius 3 is 1.19 bits per heavy atom. The van der Waals surface area contributed by atoms with Gasteiger partial charge in [-0.15, -0.1) is 0 Å². The van der Waals surface area contributed by atoms with Crippen LogP contribution in [0.4, 0.5) is 0 Å². The lowest BCUT2D eigenvalue weighted by atomic mass is 9.47. The van der Waals surface area contributed by atoms with Gasteiger partial charge >= 0.3 is 11.9 Å². The van der Waals surface area contributed by atoms with E-state index in [-0.39, 0.29) is 35.0 Å². The Kier molecular flexibility index (Phi) is 13.5. The van der Waals surface area contributed by atoms with Gasteiger partial charge in [0.25, 0.3) is 0 Å². The van der Waals surface area contributed by atoms with Crippen LogP contribution in [0.3, 0.4) is 0 Å². The van der Waals surface area contributed by atoms with Gasteiger partial charge in [-0.25, -0.2) is 0 Å². The van der Waals surface area contributed by atoms with Crippen molar-refractivity contribution >= 4 is 11.9 Å². The summed E-state index contributed by atoms with van der Waals surface area (Å²) in [6.07, 6.45) is 16.1. The second kappa shape index (κ2) is 15.0. The standard InChI is InChI=1S/C28H52O4/c1-7-11-13-15-17-19-21-23(29)31-25-27(5,9-3)26(28(25,6)10-4)32-24(30)22-20-18-16-14-12-8-2/h25-26H,7-22H2,1-6H3. The second-order valence-corrected chi connectivity index (χ2v) is 10.5. The minimum atomic E-state index is -0.307. The summed E-state index contributed by atoms with van der Waals surface area (Å²) in [7, 11) is 0. The summed E-state index contributed by atoms with van der Waals surface area (Å²) in [5.74, 6) is -0.191. The number of ether oxygens (including phenoxy) is 2. The Labute approximate surface area is 198 Å². The van der Waals surface area contributed by atoms with E-state index >= 15 is 0 Å². The molecule has 0 N–H and O–H groups in total. The van der Waals surface area contributed by atoms with E-state index in [9.17, 15) is 9.59 Å². The topological polar surface area (TPSA) is 52.6 Å². The zero-order valence-electron chi connectivity index (χ0n) is 22.1. The van der Waals surface area contributed by atoms with Gasteiger partial charge < -0.3 is 9.47 Å². The van der Waals surface area contributed by atoms with Crippen molar-refractivity contribution in [3.63, 3.8) is 0 Å². The van der Waals surface area contributed by atoms with Crippen molar-refractivity contribution in [3.05, 3.63) is 0 Å². The Morgan fingerprint density at radius 1 is 0.562 bits per heavy atom. The molecule has 1 aliphatic rings. The summed E-state index contributed by atoms with van der Waals surface area (Å²) < 4.78 is 12.1. The van der Waals surface area contributed by atoms with Crippen LogP contribution < -0.4 is 0 Å². The quantitative estimate of drug-likeness (QED) is 0.155. The van der Waals surface area contributed by atoms with Crippen molar-refractivity contribution < 1.29 is 19.1 Å². The smallest absolute Gasteiger partial charge is 0.306 e. The Balaban J connectivity index is 2.55. The Bertz CT molecular complexity index is 486. The van der Waals surface area contributed by atoms with Gasteiger partial charge in [0.2, 0.25) is 0 Å². The Morgan fingerprint density at radius 2 is 0.875 bits per heavy atom. The lowest BCUT2D eigenvalue weighted by Gasteiger charge is -2.63. The normalized spacial score (nSPS) is 27.1. The van der Waals surface area contributed by atoms with Gasteiger partial charge in [0.05, 0.1) is 0 Å². The number of carbonyl (C=O) groups is 2. The molecular formula is C28H52O4. The first-order valence-electron chi connectivity index (χ1n) is 13.7. The van der Waals surface area contributed by atoms with Crippen LogP contribution >= 0.6 is 0 Å². The van der Waals surface area contributed by atoms with Crippen LogP contribution in [0.25, 0.3) is 0 Å². The molecule has 0 spiro atoms. The number of rotatable bonds is 18. The molecule has 4 heteroatoms. The molecule has 1 saturated carbocycles. The van der Waals surface area contributed by atoms with Gasteiger partial charge in [-0.2, -0.15) is 0 Å². The van der Waals surface area contributed by atoms with Gasteiger partial charge in [-0.3, -0.25) is 9.59 Å². The van der Waals surface area contributed by atoms with Gasteiger partial charge in [-0.05, 0) is 25.7 Å². The van der Waals surface area contributed by atoms with Crippen molar-refractivity contribution in [1.29, 1.82) is 0 Å². The van der Waals surface area contributed by atoms with E-state index in [4.69, 9.17) is 9.47 Å². The molecule has 0 aliphatic heterocycles. The highest BCUT2D eigenvalue weighted by Crippen LogP contribution is 2.61. The predicted octanol–water partition coefficient (Wildman–Crippen LogP) is 8.16. The molecule has 0 bridgehead atoms. The number of carbonyl (C=O) groups excluding carboxylic acids is 2. The molecule has 188 valence electrons. The van der Waals surface area contributed by atoms with Crippen LogP contribution in [0.2, 0.25) is 0 Å². The maximum atomic E-state index is 12.6. The van der Waals surface area contributed by atoms with Crippen molar-refractivity contribution in [3.8, 4) is 0 Å². The van der Waals surface area contributed by atoms with E-state index in [1.807, 2.05) is 0 Å². The number of unbranched alkanes of at least 4 members (excludes halogenated alkanes) is 10. The average Bonchev–Trinajstić information content (AvgIpc) is 2.79. The molecule has 1 aliphatic carbocycles. The van der Waals surface area contributed by atoms with Crippen LogP contribution in [0.1, 0.15) is 144 Å². The van der Waals surface area contributed by atoms with E-state index in [0.29, 0.717) is 12.8 Å². The van der Waals surface area contributed by atoms with Gasteiger partial charge in [0.1, 0.15) is 12.2 Å². The van der Waals surface area contributed by atoms with Crippen LogP contribution in [0.5, 0.6) is 0 Å². The summed E-state index contributed by atoms with van der Waals surface area (Å²) >= 11 is 0. The van der Waals surface area contributed by atoms with Crippen LogP contribution in [-0.4, -0.2) is 24.1 Å². The van der Waals surface area contributed by atoms with Gasteiger partial charge in [0, 0.05) is 23.7 Å². The predicted molar refractivity (Wildman–Crippen MR) is 133 cm³/mol. The fourth-order valence-corrected chi connectivity index (χ4v) is 5.45. The average molecular weight is 453 g/mol. The Hall–Kier alpha value is -1.06. The molecule has 0 aromatic heterocycles. The molecule has 0 aromatic rings. The fraction of sp³-hybridized carbons (Fsp3) is 0.929. The zero-order valence-corrected chi connectivity index (χ0v) is 22.1. The van der Waals surface area contributed by atoms with E-state index in [1.165, 1.54) is 51.4 Å². The molecule has 4 nitrogen and oxygen atoms in total. The fourth-order valence-electron chi connectivity index (χ4n) is 5.45. The van der Waals surface area contributed by atoms with E-state index < -0.39 is 0 Å². The zero-order chi connectivity index (χ0) is 24.0. The lowest BCUT2D eigenvalue weighted by Crippen LogP contribution is -2.71. The van der Waals surface area contributed by atoms with E-state index in [1.54, 1.807) is 0 Å². The molecule has 1 rings (SSSR count). The highest BCUT2D eigenvalue weighted by atomic mass is 16.6. The highest BCUT2D eigenvalue weighted by Gasteiger charge is 2.69. The lowest BCUT2D eigenvalue weighted by molar-refractivity contribution is -0.281. The maximum absolute atomic E-state index is 12.6.